The summed E-state index contributed by atoms with van der Waals surface area (Å²) in [5, 5.41) is 0.954. The van der Waals surface area contributed by atoms with Gasteiger partial charge in [-0.2, -0.15) is 0 Å². The SMILES string of the molecule is Nc1[nH]cc2occc12. The Bertz CT molecular complexity index is 320. The van der Waals surface area contributed by atoms with Gasteiger partial charge in [-0.25, -0.2) is 0 Å². The number of nitrogen functional groups attached to an aromatic ring is 1. The van der Waals surface area contributed by atoms with Gasteiger partial charge in [0.2, 0.25) is 0 Å². The molecule has 0 amide bonds. The summed E-state index contributed by atoms with van der Waals surface area (Å²) in [6.45, 7) is 0. The summed E-state index contributed by atoms with van der Waals surface area (Å²) in [5.41, 5.74) is 6.32. The summed E-state index contributed by atoms with van der Waals surface area (Å²) in [6.07, 6.45) is 3.36. The Kier molecular flexibility index (Phi) is 0.656. The minimum Gasteiger partial charge on any atom is -0.463 e. The van der Waals surface area contributed by atoms with Gasteiger partial charge >= 0.3 is 0 Å². The fraction of sp³-hybridized carbons (Fsp3) is 0. The van der Waals surface area contributed by atoms with Crippen molar-refractivity contribution in [3.8, 4) is 0 Å². The highest BCUT2D eigenvalue weighted by Crippen LogP contribution is 2.19. The average molecular weight is 122 g/mol. The summed E-state index contributed by atoms with van der Waals surface area (Å²) in [6, 6.07) is 1.83. The zero-order chi connectivity index (χ0) is 6.27. The molecule has 3 N–H and O–H groups in total. The van der Waals surface area contributed by atoms with Gasteiger partial charge < -0.3 is 15.1 Å². The third-order valence-electron chi connectivity index (χ3n) is 1.34. The second kappa shape index (κ2) is 1.31. The van der Waals surface area contributed by atoms with Gasteiger partial charge in [0.25, 0.3) is 0 Å². The summed E-state index contributed by atoms with van der Waals surface area (Å²) < 4.78 is 5.03. The lowest BCUT2D eigenvalue weighted by atomic mass is 10.4. The van der Waals surface area contributed by atoms with Gasteiger partial charge in [-0.1, -0.05) is 0 Å². The molecule has 9 heavy (non-hydrogen) atoms. The third kappa shape index (κ3) is 0.455. The molecule has 2 aromatic heterocycles. The number of fused-ring (bicyclic) bond motifs is 1. The van der Waals surface area contributed by atoms with E-state index in [2.05, 4.69) is 4.98 Å². The highest BCUT2D eigenvalue weighted by Gasteiger charge is 1.99. The minimum absolute atomic E-state index is 0.666. The first-order chi connectivity index (χ1) is 4.38. The first-order valence-electron chi connectivity index (χ1n) is 2.68. The molecule has 0 aromatic carbocycles. The summed E-state index contributed by atoms with van der Waals surface area (Å²) in [4.78, 5) is 2.84. The van der Waals surface area contributed by atoms with Crippen LogP contribution in [-0.4, -0.2) is 4.98 Å². The van der Waals surface area contributed by atoms with Crippen LogP contribution in [0.3, 0.4) is 0 Å². The smallest absolute Gasteiger partial charge is 0.153 e. The largest absolute Gasteiger partial charge is 0.463 e. The molecule has 3 nitrogen and oxygen atoms in total. The van der Waals surface area contributed by atoms with E-state index >= 15 is 0 Å². The van der Waals surface area contributed by atoms with Crippen LogP contribution in [0.25, 0.3) is 11.0 Å². The molecule has 2 aromatic rings. The average Bonchev–Trinajstić information content (AvgIpc) is 2.35. The summed E-state index contributed by atoms with van der Waals surface area (Å²) in [7, 11) is 0. The fourth-order valence-electron chi connectivity index (χ4n) is 0.876. The number of hydrogen-bond acceptors (Lipinski definition) is 2. The van der Waals surface area contributed by atoms with Gasteiger partial charge in [0.1, 0.15) is 5.82 Å². The third-order valence-corrected chi connectivity index (χ3v) is 1.34. The summed E-state index contributed by atoms with van der Waals surface area (Å²) >= 11 is 0. The number of aromatic amines is 1. The second-order valence-corrected chi connectivity index (χ2v) is 1.90. The maximum atomic E-state index is 5.51. The highest BCUT2D eigenvalue weighted by molar-refractivity contribution is 5.87. The number of furan rings is 1. The van der Waals surface area contributed by atoms with Crippen LogP contribution in [0.5, 0.6) is 0 Å². The van der Waals surface area contributed by atoms with Crippen molar-refractivity contribution in [1.82, 2.24) is 4.98 Å². The lowest BCUT2D eigenvalue weighted by Crippen LogP contribution is -1.81. The molecule has 0 aliphatic heterocycles. The van der Waals surface area contributed by atoms with E-state index in [1.54, 1.807) is 12.5 Å². The zero-order valence-corrected chi connectivity index (χ0v) is 4.72. The molecule has 0 bridgehead atoms. The molecule has 0 spiro atoms. The van der Waals surface area contributed by atoms with Crippen LogP contribution >= 0.6 is 0 Å². The van der Waals surface area contributed by atoms with E-state index in [0.717, 1.165) is 11.0 Å². The molecular weight excluding hydrogens is 116 g/mol. The van der Waals surface area contributed by atoms with Crippen molar-refractivity contribution < 1.29 is 4.42 Å². The number of nitrogens with two attached hydrogens (primary N) is 1. The molecule has 2 rings (SSSR count). The molecular formula is C6H6N2O. The lowest BCUT2D eigenvalue weighted by Gasteiger charge is -1.77. The molecule has 3 heteroatoms. The number of H-pyrrole nitrogens is 1. The molecule has 46 valence electrons. The van der Waals surface area contributed by atoms with E-state index in [0.29, 0.717) is 5.82 Å². The van der Waals surface area contributed by atoms with Gasteiger partial charge in [-0.05, 0) is 6.07 Å². The lowest BCUT2D eigenvalue weighted by molar-refractivity contribution is 0.615. The topological polar surface area (TPSA) is 55.0 Å². The van der Waals surface area contributed by atoms with E-state index in [1.165, 1.54) is 0 Å². The van der Waals surface area contributed by atoms with Gasteiger partial charge in [0, 0.05) is 6.20 Å². The highest BCUT2D eigenvalue weighted by atomic mass is 16.3. The fourth-order valence-corrected chi connectivity index (χ4v) is 0.876. The molecule has 0 fully saturated rings. The Balaban J connectivity index is 2.99. The van der Waals surface area contributed by atoms with Crippen molar-refractivity contribution in [3.63, 3.8) is 0 Å². The maximum absolute atomic E-state index is 5.51. The zero-order valence-electron chi connectivity index (χ0n) is 4.72. The predicted molar refractivity (Wildman–Crippen MR) is 35.0 cm³/mol. The van der Waals surface area contributed by atoms with Crippen molar-refractivity contribution in [2.45, 2.75) is 0 Å². The maximum Gasteiger partial charge on any atom is 0.153 e. The van der Waals surface area contributed by atoms with Gasteiger partial charge in [-0.15, -0.1) is 0 Å². The predicted octanol–water partition coefficient (Wildman–Crippen LogP) is 1.34. The van der Waals surface area contributed by atoms with E-state index in [4.69, 9.17) is 10.2 Å². The molecule has 0 atom stereocenters. The number of hydrogen-bond donors (Lipinski definition) is 2. The number of anilines is 1. The minimum atomic E-state index is 0.666. The van der Waals surface area contributed by atoms with E-state index in [-0.39, 0.29) is 0 Å². The van der Waals surface area contributed by atoms with Gasteiger partial charge in [0.15, 0.2) is 5.58 Å². The molecule has 2 heterocycles. The first kappa shape index (κ1) is 4.49. The Hall–Kier alpha value is -1.38. The Morgan fingerprint density at radius 2 is 2.44 bits per heavy atom. The Morgan fingerprint density at radius 3 is 3.22 bits per heavy atom. The van der Waals surface area contributed by atoms with Crippen LogP contribution in [0.4, 0.5) is 5.82 Å². The van der Waals surface area contributed by atoms with Crippen molar-refractivity contribution in [2.24, 2.45) is 0 Å². The van der Waals surface area contributed by atoms with Crippen molar-refractivity contribution in [3.05, 3.63) is 18.5 Å². The van der Waals surface area contributed by atoms with Crippen molar-refractivity contribution >= 4 is 16.8 Å². The monoisotopic (exact) mass is 122 g/mol. The van der Waals surface area contributed by atoms with Crippen LogP contribution in [-0.2, 0) is 0 Å². The van der Waals surface area contributed by atoms with Crippen LogP contribution < -0.4 is 5.73 Å². The van der Waals surface area contributed by atoms with E-state index in [1.807, 2.05) is 6.07 Å². The number of nitrogens with one attached hydrogen (secondary N) is 1. The molecule has 0 aliphatic rings. The standard InChI is InChI=1S/C6H6N2O/c7-6-4-1-2-9-5(4)3-8-6/h1-3,8H,7H2. The normalized spacial score (nSPS) is 10.7. The van der Waals surface area contributed by atoms with E-state index < -0.39 is 0 Å². The van der Waals surface area contributed by atoms with Crippen LogP contribution in [0.1, 0.15) is 0 Å². The van der Waals surface area contributed by atoms with Gasteiger partial charge in [-0.3, -0.25) is 0 Å². The molecule has 0 aliphatic carbocycles. The van der Waals surface area contributed by atoms with Gasteiger partial charge in [0.05, 0.1) is 11.6 Å². The quantitative estimate of drug-likeness (QED) is 0.554. The van der Waals surface area contributed by atoms with E-state index in [9.17, 15) is 0 Å². The summed E-state index contributed by atoms with van der Waals surface area (Å²) in [5.74, 6) is 0.666. The Morgan fingerprint density at radius 1 is 1.56 bits per heavy atom. The molecule has 0 unspecified atom stereocenters. The molecule has 0 radical (unpaired) electrons. The molecule has 0 saturated heterocycles. The number of rotatable bonds is 0. The van der Waals surface area contributed by atoms with Crippen LogP contribution in [0.2, 0.25) is 0 Å². The van der Waals surface area contributed by atoms with Crippen molar-refractivity contribution in [1.29, 1.82) is 0 Å². The Labute approximate surface area is 51.5 Å². The first-order valence-corrected chi connectivity index (χ1v) is 2.68. The van der Waals surface area contributed by atoms with Crippen LogP contribution in [0.15, 0.2) is 22.9 Å². The number of aromatic nitrogens is 1. The second-order valence-electron chi connectivity index (χ2n) is 1.90. The van der Waals surface area contributed by atoms with Crippen molar-refractivity contribution in [2.75, 3.05) is 5.73 Å². The molecule has 0 saturated carbocycles. The van der Waals surface area contributed by atoms with Crippen LogP contribution in [0, 0.1) is 0 Å².